The maximum atomic E-state index is 11.5. The molecule has 0 saturated carbocycles. The van der Waals surface area contributed by atoms with E-state index < -0.39 is 28.4 Å². The normalized spacial score (nSPS) is 25.8. The van der Waals surface area contributed by atoms with E-state index in [9.17, 15) is 8.42 Å². The van der Waals surface area contributed by atoms with Crippen LogP contribution in [0.1, 0.15) is 25.5 Å². The van der Waals surface area contributed by atoms with Crippen molar-refractivity contribution in [2.24, 2.45) is 0 Å². The third kappa shape index (κ3) is 3.49. The van der Waals surface area contributed by atoms with E-state index in [1.54, 1.807) is 38.1 Å². The molecule has 2 atom stereocenters. The number of hydrogen-bond acceptors (Lipinski definition) is 5. The minimum Gasteiger partial charge on any atom is -0.338 e. The minimum absolute atomic E-state index is 0.473. The number of benzene rings is 1. The summed E-state index contributed by atoms with van der Waals surface area (Å²) >= 11 is 6.12. The van der Waals surface area contributed by atoms with Crippen LogP contribution in [0.3, 0.4) is 0 Å². The van der Waals surface area contributed by atoms with Crippen LogP contribution in [0.5, 0.6) is 0 Å². The molecule has 1 N–H and O–H groups in total. The van der Waals surface area contributed by atoms with Gasteiger partial charge >= 0.3 is 10.3 Å². The van der Waals surface area contributed by atoms with Gasteiger partial charge in [-0.2, -0.15) is 13.1 Å². The van der Waals surface area contributed by atoms with E-state index in [-0.39, 0.29) is 0 Å². The maximum absolute atomic E-state index is 11.5. The van der Waals surface area contributed by atoms with E-state index in [1.165, 1.54) is 0 Å². The van der Waals surface area contributed by atoms with Crippen molar-refractivity contribution in [1.29, 1.82) is 0 Å². The van der Waals surface area contributed by atoms with Crippen molar-refractivity contribution in [3.05, 3.63) is 34.9 Å². The molecule has 0 aliphatic carbocycles. The fourth-order valence-corrected chi connectivity index (χ4v) is 2.77. The molecular weight excluding hydrogens is 306 g/mol. The van der Waals surface area contributed by atoms with Crippen LogP contribution >= 0.6 is 11.6 Å². The highest BCUT2D eigenvalue weighted by Crippen LogP contribution is 2.39. The Morgan fingerprint density at radius 1 is 1.30 bits per heavy atom. The summed E-state index contributed by atoms with van der Waals surface area (Å²) in [5.41, 5.74) is 0.642. The highest BCUT2D eigenvalue weighted by atomic mass is 35.5. The second kappa shape index (κ2) is 5.59. The summed E-state index contributed by atoms with van der Waals surface area (Å²) in [5, 5.41) is 0.473. The van der Waals surface area contributed by atoms with Gasteiger partial charge in [-0.25, -0.2) is 0 Å². The highest BCUT2D eigenvalue weighted by Gasteiger charge is 2.44. The van der Waals surface area contributed by atoms with Crippen LogP contribution in [-0.4, -0.2) is 27.5 Å². The van der Waals surface area contributed by atoms with Gasteiger partial charge in [0.15, 0.2) is 12.0 Å². The molecule has 1 fully saturated rings. The largest absolute Gasteiger partial charge is 0.338 e. The van der Waals surface area contributed by atoms with Crippen molar-refractivity contribution in [3.63, 3.8) is 0 Å². The molecule has 112 valence electrons. The molecule has 0 spiro atoms. The Kier molecular flexibility index (Phi) is 4.38. The summed E-state index contributed by atoms with van der Waals surface area (Å²) in [6.45, 7) is 3.38. The molecule has 0 aromatic heterocycles. The third-order valence-corrected chi connectivity index (χ3v) is 4.09. The summed E-state index contributed by atoms with van der Waals surface area (Å²) in [4.78, 5) is 0. The van der Waals surface area contributed by atoms with E-state index in [0.717, 1.165) is 7.11 Å². The second-order valence-electron chi connectivity index (χ2n) is 4.74. The van der Waals surface area contributed by atoms with E-state index in [4.69, 9.17) is 21.1 Å². The van der Waals surface area contributed by atoms with Crippen LogP contribution in [-0.2, 0) is 24.0 Å². The zero-order chi connectivity index (χ0) is 15.0. The van der Waals surface area contributed by atoms with Gasteiger partial charge in [0.05, 0.1) is 7.11 Å². The predicted molar refractivity (Wildman–Crippen MR) is 73.3 cm³/mol. The summed E-state index contributed by atoms with van der Waals surface area (Å²) in [5.74, 6) is -0.940. The van der Waals surface area contributed by atoms with E-state index in [2.05, 4.69) is 8.91 Å². The number of halogens is 1. The first-order valence-corrected chi connectivity index (χ1v) is 7.71. The Balaban J connectivity index is 2.32. The molecule has 20 heavy (non-hydrogen) atoms. The van der Waals surface area contributed by atoms with Gasteiger partial charge < -0.3 is 9.47 Å². The first-order valence-electron chi connectivity index (χ1n) is 5.92. The maximum Gasteiger partial charge on any atom is 0.337 e. The summed E-state index contributed by atoms with van der Waals surface area (Å²) < 4.78 is 41.0. The molecule has 6 nitrogen and oxygen atoms in total. The topological polar surface area (TPSA) is 73.9 Å². The summed E-state index contributed by atoms with van der Waals surface area (Å²) in [6.07, 6.45) is -1.58. The first-order chi connectivity index (χ1) is 9.24. The SMILES string of the molecule is COS(=O)(=O)N[C@H]1OC(C)(C)O[C@H]1c1ccccc1Cl. The molecular formula is C12H16ClNO5S. The zero-order valence-corrected chi connectivity index (χ0v) is 12.9. The Morgan fingerprint density at radius 3 is 2.55 bits per heavy atom. The number of nitrogens with one attached hydrogen (secondary N) is 1. The lowest BCUT2D eigenvalue weighted by Crippen LogP contribution is -2.39. The van der Waals surface area contributed by atoms with Crippen molar-refractivity contribution in [2.75, 3.05) is 7.11 Å². The van der Waals surface area contributed by atoms with Gasteiger partial charge in [-0.3, -0.25) is 4.18 Å². The Bertz CT molecular complexity index is 589. The zero-order valence-electron chi connectivity index (χ0n) is 11.3. The van der Waals surface area contributed by atoms with Gasteiger partial charge in [-0.05, 0) is 19.9 Å². The molecule has 2 rings (SSSR count). The highest BCUT2D eigenvalue weighted by molar-refractivity contribution is 7.84. The lowest BCUT2D eigenvalue weighted by atomic mass is 10.1. The molecule has 1 aliphatic heterocycles. The van der Waals surface area contributed by atoms with E-state index >= 15 is 0 Å². The fourth-order valence-electron chi connectivity index (χ4n) is 1.97. The number of ether oxygens (including phenoxy) is 2. The van der Waals surface area contributed by atoms with Crippen molar-refractivity contribution < 1.29 is 22.1 Å². The number of hydrogen-bond donors (Lipinski definition) is 1. The quantitative estimate of drug-likeness (QED) is 0.917. The molecule has 1 saturated heterocycles. The summed E-state index contributed by atoms with van der Waals surface area (Å²) in [6, 6.07) is 7.03. The predicted octanol–water partition coefficient (Wildman–Crippen LogP) is 1.97. The van der Waals surface area contributed by atoms with Gasteiger partial charge in [0.1, 0.15) is 6.10 Å². The lowest BCUT2D eigenvalue weighted by Gasteiger charge is -2.18. The molecule has 0 amide bonds. The summed E-state index contributed by atoms with van der Waals surface area (Å²) in [7, 11) is -2.84. The minimum atomic E-state index is -3.90. The van der Waals surface area contributed by atoms with Gasteiger partial charge in [-0.15, -0.1) is 0 Å². The molecule has 0 radical (unpaired) electrons. The molecule has 1 heterocycles. The van der Waals surface area contributed by atoms with Crippen molar-refractivity contribution in [2.45, 2.75) is 32.0 Å². The van der Waals surface area contributed by atoms with Crippen LogP contribution in [0.25, 0.3) is 0 Å². The van der Waals surface area contributed by atoms with Crippen LogP contribution in [0.15, 0.2) is 24.3 Å². The smallest absolute Gasteiger partial charge is 0.337 e. The average Bonchev–Trinajstić information content (AvgIpc) is 2.64. The molecule has 1 aromatic rings. The molecule has 1 aliphatic rings. The van der Waals surface area contributed by atoms with E-state index in [1.807, 2.05) is 0 Å². The lowest BCUT2D eigenvalue weighted by molar-refractivity contribution is -0.147. The van der Waals surface area contributed by atoms with Crippen molar-refractivity contribution in [3.8, 4) is 0 Å². The monoisotopic (exact) mass is 321 g/mol. The van der Waals surface area contributed by atoms with Gasteiger partial charge in [0, 0.05) is 10.6 Å². The standard InChI is InChI=1S/C12H16ClNO5S/c1-12(2)18-10(8-6-4-5-7-9(8)13)11(19-12)14-20(15,16)17-3/h4-7,10-11,14H,1-3H3/t10-,11-/m0/s1. The average molecular weight is 322 g/mol. The van der Waals surface area contributed by atoms with Crippen LogP contribution in [0, 0.1) is 0 Å². The van der Waals surface area contributed by atoms with Crippen molar-refractivity contribution >= 4 is 21.9 Å². The van der Waals surface area contributed by atoms with Crippen LogP contribution in [0.4, 0.5) is 0 Å². The number of rotatable bonds is 4. The van der Waals surface area contributed by atoms with Gasteiger partial charge in [-0.1, -0.05) is 29.8 Å². The molecule has 8 heteroatoms. The Labute approximate surface area is 123 Å². The molecule has 0 bridgehead atoms. The third-order valence-electron chi connectivity index (χ3n) is 2.79. The second-order valence-corrected chi connectivity index (χ2v) is 6.62. The van der Waals surface area contributed by atoms with Crippen LogP contribution in [0.2, 0.25) is 5.02 Å². The van der Waals surface area contributed by atoms with E-state index in [0.29, 0.717) is 10.6 Å². The Morgan fingerprint density at radius 2 is 1.95 bits per heavy atom. The van der Waals surface area contributed by atoms with Gasteiger partial charge in [0.2, 0.25) is 0 Å². The van der Waals surface area contributed by atoms with Crippen LogP contribution < -0.4 is 4.72 Å². The fraction of sp³-hybridized carbons (Fsp3) is 0.500. The first kappa shape index (κ1) is 15.7. The Hall–Kier alpha value is -0.700. The molecule has 0 unspecified atom stereocenters. The van der Waals surface area contributed by atoms with Gasteiger partial charge in [0.25, 0.3) is 0 Å². The molecule has 1 aromatic carbocycles. The van der Waals surface area contributed by atoms with Crippen molar-refractivity contribution in [1.82, 2.24) is 4.72 Å².